The van der Waals surface area contributed by atoms with E-state index in [4.69, 9.17) is 10.00 Å². The monoisotopic (exact) mass is 245 g/mol. The number of hydrogen-bond donors (Lipinski definition) is 1. The fourth-order valence-electron chi connectivity index (χ4n) is 2.08. The molecule has 1 aliphatic rings. The number of carbonyl (C=O) groups excluding carboxylic acids is 1. The number of piperazine rings is 1. The first-order valence-electron chi connectivity index (χ1n) is 5.80. The van der Waals surface area contributed by atoms with Crippen molar-refractivity contribution < 1.29 is 9.53 Å². The van der Waals surface area contributed by atoms with Crippen molar-refractivity contribution in [2.24, 2.45) is 0 Å². The highest BCUT2D eigenvalue weighted by Crippen LogP contribution is 2.27. The van der Waals surface area contributed by atoms with E-state index in [1.165, 1.54) is 0 Å². The van der Waals surface area contributed by atoms with E-state index < -0.39 is 0 Å². The molecule has 2 rings (SSSR count). The molecule has 18 heavy (non-hydrogen) atoms. The summed E-state index contributed by atoms with van der Waals surface area (Å²) in [6, 6.07) is 7.13. The van der Waals surface area contributed by atoms with Crippen molar-refractivity contribution in [3.8, 4) is 11.8 Å². The van der Waals surface area contributed by atoms with Crippen molar-refractivity contribution >= 4 is 11.6 Å². The smallest absolute Gasteiger partial charge is 0.242 e. The van der Waals surface area contributed by atoms with Crippen molar-refractivity contribution in [2.45, 2.75) is 13.0 Å². The van der Waals surface area contributed by atoms with Gasteiger partial charge in [-0.05, 0) is 19.1 Å². The molecule has 1 unspecified atom stereocenters. The molecule has 0 aromatic heterocycles. The van der Waals surface area contributed by atoms with Gasteiger partial charge < -0.3 is 15.0 Å². The summed E-state index contributed by atoms with van der Waals surface area (Å²) in [4.78, 5) is 13.6. The van der Waals surface area contributed by atoms with E-state index in [1.807, 2.05) is 11.8 Å². The normalized spacial score (nSPS) is 19.1. The minimum Gasteiger partial charge on any atom is -0.497 e. The van der Waals surface area contributed by atoms with Gasteiger partial charge >= 0.3 is 0 Å². The Morgan fingerprint density at radius 3 is 3.00 bits per heavy atom. The Morgan fingerprint density at radius 2 is 2.33 bits per heavy atom. The third-order valence-corrected chi connectivity index (χ3v) is 3.13. The molecule has 0 spiro atoms. The van der Waals surface area contributed by atoms with Crippen molar-refractivity contribution in [3.63, 3.8) is 0 Å². The zero-order valence-electron chi connectivity index (χ0n) is 10.4. The molecule has 1 N–H and O–H groups in total. The molecule has 1 fully saturated rings. The number of nitriles is 1. The topological polar surface area (TPSA) is 65.4 Å². The quantitative estimate of drug-likeness (QED) is 0.840. The highest BCUT2D eigenvalue weighted by atomic mass is 16.5. The molecule has 1 saturated heterocycles. The van der Waals surface area contributed by atoms with Crippen molar-refractivity contribution in [1.82, 2.24) is 5.32 Å². The van der Waals surface area contributed by atoms with Gasteiger partial charge in [-0.3, -0.25) is 4.79 Å². The number of methoxy groups -OCH3 is 1. The van der Waals surface area contributed by atoms with Crippen molar-refractivity contribution in [2.75, 3.05) is 25.1 Å². The first-order chi connectivity index (χ1) is 8.67. The van der Waals surface area contributed by atoms with Gasteiger partial charge in [-0.25, -0.2) is 0 Å². The van der Waals surface area contributed by atoms with E-state index in [0.717, 1.165) is 5.69 Å². The number of carbonyl (C=O) groups is 1. The van der Waals surface area contributed by atoms with Crippen LogP contribution in [0.5, 0.6) is 5.75 Å². The van der Waals surface area contributed by atoms with E-state index in [9.17, 15) is 4.79 Å². The summed E-state index contributed by atoms with van der Waals surface area (Å²) < 4.78 is 5.17. The van der Waals surface area contributed by atoms with Gasteiger partial charge in [-0.1, -0.05) is 0 Å². The number of hydrogen-bond acceptors (Lipinski definition) is 4. The lowest BCUT2D eigenvalue weighted by Crippen LogP contribution is -2.54. The fourth-order valence-corrected chi connectivity index (χ4v) is 2.08. The molecule has 0 saturated carbocycles. The van der Waals surface area contributed by atoms with Crippen LogP contribution in [0.25, 0.3) is 0 Å². The number of rotatable bonds is 2. The SMILES string of the molecule is COc1ccc(C#N)c(N2CCNC(=O)C2C)c1. The maximum atomic E-state index is 11.7. The number of amides is 1. The Morgan fingerprint density at radius 1 is 1.56 bits per heavy atom. The van der Waals surface area contributed by atoms with Gasteiger partial charge in [-0.2, -0.15) is 5.26 Å². The van der Waals surface area contributed by atoms with Crippen LogP contribution in [-0.4, -0.2) is 32.1 Å². The first kappa shape index (κ1) is 12.2. The summed E-state index contributed by atoms with van der Waals surface area (Å²) in [6.07, 6.45) is 0. The van der Waals surface area contributed by atoms with Crippen LogP contribution in [0.15, 0.2) is 18.2 Å². The molecular formula is C13H15N3O2. The molecule has 0 aliphatic carbocycles. The summed E-state index contributed by atoms with van der Waals surface area (Å²) in [7, 11) is 1.58. The highest BCUT2D eigenvalue weighted by Gasteiger charge is 2.27. The number of benzene rings is 1. The first-order valence-corrected chi connectivity index (χ1v) is 5.80. The molecule has 0 bridgehead atoms. The summed E-state index contributed by atoms with van der Waals surface area (Å²) in [5.41, 5.74) is 1.30. The zero-order chi connectivity index (χ0) is 13.1. The zero-order valence-corrected chi connectivity index (χ0v) is 10.4. The average molecular weight is 245 g/mol. The maximum absolute atomic E-state index is 11.7. The Labute approximate surface area is 106 Å². The van der Waals surface area contributed by atoms with Crippen LogP contribution in [0.4, 0.5) is 5.69 Å². The predicted octanol–water partition coefficient (Wildman–Crippen LogP) is 0.892. The third kappa shape index (κ3) is 2.09. The number of nitrogens with one attached hydrogen (secondary N) is 1. The molecule has 0 radical (unpaired) electrons. The number of nitrogens with zero attached hydrogens (tertiary/aromatic N) is 2. The van der Waals surface area contributed by atoms with E-state index in [0.29, 0.717) is 24.4 Å². The molecule has 1 aromatic rings. The third-order valence-electron chi connectivity index (χ3n) is 3.13. The van der Waals surface area contributed by atoms with Gasteiger partial charge in [0.2, 0.25) is 5.91 Å². The molecule has 1 aromatic carbocycles. The minimum atomic E-state index is -0.280. The standard InChI is InChI=1S/C13H15N3O2/c1-9-13(17)15-5-6-16(9)12-7-11(18-2)4-3-10(12)8-14/h3-4,7,9H,5-6H2,1-2H3,(H,15,17). The van der Waals surface area contributed by atoms with Gasteiger partial charge in [0.1, 0.15) is 17.9 Å². The Bertz CT molecular complexity index is 507. The molecule has 1 amide bonds. The van der Waals surface area contributed by atoms with Gasteiger partial charge in [0, 0.05) is 19.2 Å². The maximum Gasteiger partial charge on any atom is 0.242 e. The van der Waals surface area contributed by atoms with Gasteiger partial charge in [0.05, 0.1) is 18.4 Å². The van der Waals surface area contributed by atoms with Gasteiger partial charge in [0.15, 0.2) is 0 Å². The summed E-state index contributed by atoms with van der Waals surface area (Å²) in [5.74, 6) is 0.662. The Kier molecular flexibility index (Phi) is 3.38. The number of anilines is 1. The Balaban J connectivity index is 2.42. The van der Waals surface area contributed by atoms with Crippen LogP contribution in [0.1, 0.15) is 12.5 Å². The molecular weight excluding hydrogens is 230 g/mol. The largest absolute Gasteiger partial charge is 0.497 e. The summed E-state index contributed by atoms with van der Waals surface area (Å²) in [5, 5.41) is 11.9. The van der Waals surface area contributed by atoms with Crippen LogP contribution in [0, 0.1) is 11.3 Å². The predicted molar refractivity (Wildman–Crippen MR) is 67.5 cm³/mol. The van der Waals surface area contributed by atoms with Crippen LogP contribution < -0.4 is 15.0 Å². The van der Waals surface area contributed by atoms with Crippen molar-refractivity contribution in [1.29, 1.82) is 5.26 Å². The summed E-state index contributed by atoms with van der Waals surface area (Å²) >= 11 is 0. The van der Waals surface area contributed by atoms with Gasteiger partial charge in [-0.15, -0.1) is 0 Å². The summed E-state index contributed by atoms with van der Waals surface area (Å²) in [6.45, 7) is 3.11. The van der Waals surface area contributed by atoms with Crippen LogP contribution >= 0.6 is 0 Å². The molecule has 94 valence electrons. The van der Waals surface area contributed by atoms with Crippen molar-refractivity contribution in [3.05, 3.63) is 23.8 Å². The highest BCUT2D eigenvalue weighted by molar-refractivity contribution is 5.86. The lowest BCUT2D eigenvalue weighted by Gasteiger charge is -2.35. The Hall–Kier alpha value is -2.22. The lowest BCUT2D eigenvalue weighted by atomic mass is 10.1. The van der Waals surface area contributed by atoms with E-state index in [2.05, 4.69) is 11.4 Å². The second-order valence-corrected chi connectivity index (χ2v) is 4.16. The average Bonchev–Trinajstić information content (AvgIpc) is 2.41. The molecule has 1 atom stereocenters. The molecule has 5 nitrogen and oxygen atoms in total. The van der Waals surface area contributed by atoms with Crippen LogP contribution in [0.3, 0.4) is 0 Å². The number of ether oxygens (including phenoxy) is 1. The lowest BCUT2D eigenvalue weighted by molar-refractivity contribution is -0.122. The van der Waals surface area contributed by atoms with E-state index in [1.54, 1.807) is 25.3 Å². The molecule has 1 aliphatic heterocycles. The van der Waals surface area contributed by atoms with Gasteiger partial charge in [0.25, 0.3) is 0 Å². The molecule has 1 heterocycles. The second kappa shape index (κ2) is 4.96. The van der Waals surface area contributed by atoms with Crippen LogP contribution in [-0.2, 0) is 4.79 Å². The fraction of sp³-hybridized carbons (Fsp3) is 0.385. The van der Waals surface area contributed by atoms with E-state index >= 15 is 0 Å². The van der Waals surface area contributed by atoms with E-state index in [-0.39, 0.29) is 11.9 Å². The second-order valence-electron chi connectivity index (χ2n) is 4.16. The van der Waals surface area contributed by atoms with Crippen LogP contribution in [0.2, 0.25) is 0 Å². The molecule has 5 heteroatoms. The minimum absolute atomic E-state index is 0.0204.